The highest BCUT2D eigenvalue weighted by atomic mass is 16.4. The maximum Gasteiger partial charge on any atom is 0.317 e. The quantitative estimate of drug-likeness (QED) is 0.840. The first-order valence-corrected chi connectivity index (χ1v) is 8.19. The fourth-order valence-electron chi connectivity index (χ4n) is 3.76. The summed E-state index contributed by atoms with van der Waals surface area (Å²) in [4.78, 5) is 15.4. The van der Waals surface area contributed by atoms with Crippen molar-refractivity contribution in [3.8, 4) is 0 Å². The van der Waals surface area contributed by atoms with Gasteiger partial charge in [-0.2, -0.15) is 0 Å². The molecule has 0 unspecified atom stereocenters. The van der Waals surface area contributed by atoms with Crippen LogP contribution in [0.4, 0.5) is 0 Å². The maximum absolute atomic E-state index is 10.8. The number of rotatable bonds is 5. The highest BCUT2D eigenvalue weighted by molar-refractivity contribution is 5.69. The van der Waals surface area contributed by atoms with Crippen molar-refractivity contribution in [2.24, 2.45) is 11.8 Å². The average molecular weight is 282 g/mol. The van der Waals surface area contributed by atoms with Crippen molar-refractivity contribution in [2.75, 3.05) is 33.2 Å². The Balaban J connectivity index is 1.67. The molecule has 1 aliphatic heterocycles. The van der Waals surface area contributed by atoms with Crippen LogP contribution in [-0.2, 0) is 4.79 Å². The van der Waals surface area contributed by atoms with Crippen molar-refractivity contribution in [2.45, 2.75) is 51.5 Å². The Bertz CT molecular complexity index is 306. The Morgan fingerprint density at radius 1 is 1.15 bits per heavy atom. The van der Waals surface area contributed by atoms with Gasteiger partial charge in [0.1, 0.15) is 0 Å². The molecule has 20 heavy (non-hydrogen) atoms. The van der Waals surface area contributed by atoms with Crippen LogP contribution in [0.1, 0.15) is 45.4 Å². The molecule has 0 bridgehead atoms. The molecule has 1 aliphatic carbocycles. The fourth-order valence-corrected chi connectivity index (χ4v) is 3.76. The van der Waals surface area contributed by atoms with Gasteiger partial charge in [-0.1, -0.05) is 19.8 Å². The summed E-state index contributed by atoms with van der Waals surface area (Å²) in [6.07, 6.45) is 7.85. The van der Waals surface area contributed by atoms with Crippen LogP contribution in [0.3, 0.4) is 0 Å². The minimum Gasteiger partial charge on any atom is -0.480 e. The number of hydrogen-bond acceptors (Lipinski definition) is 3. The predicted octanol–water partition coefficient (Wildman–Crippen LogP) is 2.29. The smallest absolute Gasteiger partial charge is 0.317 e. The summed E-state index contributed by atoms with van der Waals surface area (Å²) in [7, 11) is 1.94. The van der Waals surface area contributed by atoms with E-state index in [1.165, 1.54) is 32.2 Å². The van der Waals surface area contributed by atoms with Crippen molar-refractivity contribution in [3.05, 3.63) is 0 Å². The maximum atomic E-state index is 10.8. The van der Waals surface area contributed by atoms with E-state index in [1.54, 1.807) is 0 Å². The van der Waals surface area contributed by atoms with E-state index in [1.807, 2.05) is 11.9 Å². The second-order valence-electron chi connectivity index (χ2n) is 6.97. The highest BCUT2D eigenvalue weighted by Gasteiger charge is 2.26. The largest absolute Gasteiger partial charge is 0.480 e. The highest BCUT2D eigenvalue weighted by Crippen LogP contribution is 2.29. The molecule has 1 heterocycles. The van der Waals surface area contributed by atoms with E-state index in [4.69, 9.17) is 5.11 Å². The van der Waals surface area contributed by atoms with Gasteiger partial charge in [0, 0.05) is 12.6 Å². The minimum atomic E-state index is -0.716. The molecule has 2 rings (SSSR count). The molecule has 4 heteroatoms. The number of carboxylic acid groups (broad SMARTS) is 1. The van der Waals surface area contributed by atoms with Crippen LogP contribution in [0.2, 0.25) is 0 Å². The first kappa shape index (κ1) is 15.8. The first-order chi connectivity index (χ1) is 9.54. The molecule has 0 aromatic rings. The molecule has 2 aliphatic rings. The van der Waals surface area contributed by atoms with Crippen molar-refractivity contribution in [3.63, 3.8) is 0 Å². The second-order valence-corrected chi connectivity index (χ2v) is 6.97. The van der Waals surface area contributed by atoms with E-state index in [0.717, 1.165) is 37.8 Å². The van der Waals surface area contributed by atoms with Gasteiger partial charge in [0.2, 0.25) is 0 Å². The third kappa shape index (κ3) is 4.74. The summed E-state index contributed by atoms with van der Waals surface area (Å²) >= 11 is 0. The summed E-state index contributed by atoms with van der Waals surface area (Å²) in [6, 6.07) is 0.453. The Hall–Kier alpha value is -0.610. The number of carboxylic acids is 1. The number of likely N-dealkylation sites (N-methyl/N-ethyl adjacent to an activating group) is 1. The molecule has 0 aromatic carbocycles. The molecular formula is C16H30N2O2. The summed E-state index contributed by atoms with van der Waals surface area (Å²) in [6.45, 7) is 6.09. The number of piperidine rings is 1. The molecule has 0 aromatic heterocycles. The van der Waals surface area contributed by atoms with Gasteiger partial charge in [-0.15, -0.1) is 0 Å². The lowest BCUT2D eigenvalue weighted by atomic mass is 9.82. The number of likely N-dealkylation sites (tertiary alicyclic amines) is 1. The van der Waals surface area contributed by atoms with Crippen molar-refractivity contribution < 1.29 is 9.90 Å². The number of aliphatic carboxylic acids is 1. The normalized spacial score (nSPS) is 29.8. The molecule has 1 N–H and O–H groups in total. The minimum absolute atomic E-state index is 0.172. The zero-order valence-electron chi connectivity index (χ0n) is 13.1. The van der Waals surface area contributed by atoms with Gasteiger partial charge >= 0.3 is 5.97 Å². The van der Waals surface area contributed by atoms with Crippen LogP contribution in [0.25, 0.3) is 0 Å². The lowest BCUT2D eigenvalue weighted by molar-refractivity contribution is -0.138. The van der Waals surface area contributed by atoms with Crippen LogP contribution in [0.15, 0.2) is 0 Å². The molecular weight excluding hydrogens is 252 g/mol. The predicted molar refractivity (Wildman–Crippen MR) is 80.8 cm³/mol. The average Bonchev–Trinajstić information content (AvgIpc) is 2.41. The molecule has 0 radical (unpaired) electrons. The molecule has 0 atom stereocenters. The molecule has 0 spiro atoms. The van der Waals surface area contributed by atoms with Crippen molar-refractivity contribution in [1.82, 2.24) is 9.80 Å². The van der Waals surface area contributed by atoms with Crippen LogP contribution < -0.4 is 0 Å². The number of hydrogen-bond donors (Lipinski definition) is 1. The SMILES string of the molecule is CC1CCC(CN2CCC(N(C)CC(=O)O)CC2)CC1. The van der Waals surface area contributed by atoms with Crippen LogP contribution >= 0.6 is 0 Å². The topological polar surface area (TPSA) is 43.8 Å². The second kappa shape index (κ2) is 7.41. The fraction of sp³-hybridized carbons (Fsp3) is 0.938. The number of nitrogens with zero attached hydrogens (tertiary/aromatic N) is 2. The van der Waals surface area contributed by atoms with E-state index in [9.17, 15) is 4.79 Å². The lowest BCUT2D eigenvalue weighted by Gasteiger charge is -2.38. The summed E-state index contributed by atoms with van der Waals surface area (Å²) in [5.41, 5.74) is 0. The van der Waals surface area contributed by atoms with Gasteiger partial charge in [-0.3, -0.25) is 9.69 Å². The molecule has 116 valence electrons. The summed E-state index contributed by atoms with van der Waals surface area (Å²) < 4.78 is 0. The Morgan fingerprint density at radius 3 is 2.30 bits per heavy atom. The third-order valence-electron chi connectivity index (χ3n) is 5.22. The van der Waals surface area contributed by atoms with Crippen LogP contribution in [-0.4, -0.2) is 60.1 Å². The van der Waals surface area contributed by atoms with Crippen LogP contribution in [0, 0.1) is 11.8 Å². The lowest BCUT2D eigenvalue weighted by Crippen LogP contribution is -2.46. The summed E-state index contributed by atoms with van der Waals surface area (Å²) in [5.74, 6) is 1.12. The first-order valence-electron chi connectivity index (χ1n) is 8.19. The number of carbonyl (C=O) groups is 1. The Labute approximate surface area is 123 Å². The van der Waals surface area contributed by atoms with E-state index >= 15 is 0 Å². The van der Waals surface area contributed by atoms with Gasteiger partial charge in [0.15, 0.2) is 0 Å². The standard InChI is InChI=1S/C16H30N2O2/c1-13-3-5-14(6-4-13)11-18-9-7-15(8-10-18)17(2)12-16(19)20/h13-15H,3-12H2,1-2H3,(H,19,20). The van der Waals surface area contributed by atoms with E-state index in [2.05, 4.69) is 11.8 Å². The van der Waals surface area contributed by atoms with E-state index < -0.39 is 5.97 Å². The van der Waals surface area contributed by atoms with E-state index in [0.29, 0.717) is 6.04 Å². The monoisotopic (exact) mass is 282 g/mol. The van der Waals surface area contributed by atoms with Gasteiger partial charge < -0.3 is 10.0 Å². The van der Waals surface area contributed by atoms with Crippen molar-refractivity contribution in [1.29, 1.82) is 0 Å². The van der Waals surface area contributed by atoms with Gasteiger partial charge in [-0.05, 0) is 57.7 Å². The van der Waals surface area contributed by atoms with Gasteiger partial charge in [-0.25, -0.2) is 0 Å². The van der Waals surface area contributed by atoms with Gasteiger partial charge in [0.25, 0.3) is 0 Å². The zero-order chi connectivity index (χ0) is 14.5. The molecule has 4 nitrogen and oxygen atoms in total. The Kier molecular flexibility index (Phi) is 5.85. The molecule has 1 saturated carbocycles. The molecule has 1 saturated heterocycles. The van der Waals surface area contributed by atoms with Crippen LogP contribution in [0.5, 0.6) is 0 Å². The molecule has 2 fully saturated rings. The summed E-state index contributed by atoms with van der Waals surface area (Å²) in [5, 5.41) is 8.85. The zero-order valence-corrected chi connectivity index (χ0v) is 13.1. The van der Waals surface area contributed by atoms with Gasteiger partial charge in [0.05, 0.1) is 6.54 Å². The third-order valence-corrected chi connectivity index (χ3v) is 5.22. The molecule has 0 amide bonds. The Morgan fingerprint density at radius 2 is 1.75 bits per heavy atom. The van der Waals surface area contributed by atoms with E-state index in [-0.39, 0.29) is 6.54 Å². The van der Waals surface area contributed by atoms with Crippen molar-refractivity contribution >= 4 is 5.97 Å².